The molecule has 0 aromatic heterocycles. The summed E-state index contributed by atoms with van der Waals surface area (Å²) in [5.41, 5.74) is 0.269. The highest BCUT2D eigenvalue weighted by molar-refractivity contribution is 6.61. The molecule has 0 aromatic rings. The van der Waals surface area contributed by atoms with Gasteiger partial charge in [0, 0.05) is 51.7 Å². The first kappa shape index (κ1) is 28.2. The second-order valence-electron chi connectivity index (χ2n) is 8.02. The minimum absolute atomic E-state index is 0.269. The van der Waals surface area contributed by atoms with E-state index < -0.39 is 17.6 Å². The Kier molecular flexibility index (Phi) is 14.2. The Bertz CT molecular complexity index is 366. The summed E-state index contributed by atoms with van der Waals surface area (Å²) in [5.74, 6) is 0. The predicted octanol–water partition coefficient (Wildman–Crippen LogP) is 5.81. The molecule has 1 rings (SSSR count). The molecule has 0 heterocycles. The Morgan fingerprint density at radius 1 is 0.500 bits per heavy atom. The maximum atomic E-state index is 6.14. The summed E-state index contributed by atoms with van der Waals surface area (Å²) in [7, 11) is -5.26. The van der Waals surface area contributed by atoms with Gasteiger partial charge >= 0.3 is 17.6 Å². The molecule has 1 saturated carbocycles. The van der Waals surface area contributed by atoms with Gasteiger partial charge in [-0.3, -0.25) is 0 Å². The Morgan fingerprint density at radius 2 is 0.800 bits per heavy atom. The lowest BCUT2D eigenvalue weighted by Crippen LogP contribution is -2.48. The van der Waals surface area contributed by atoms with Gasteiger partial charge in [0.15, 0.2) is 0 Å². The quantitative estimate of drug-likeness (QED) is 0.238. The molecule has 6 nitrogen and oxygen atoms in total. The molecule has 0 bridgehead atoms. The van der Waals surface area contributed by atoms with Crippen LogP contribution in [0.1, 0.15) is 86.5 Å². The Morgan fingerprint density at radius 3 is 1.07 bits per heavy atom. The highest BCUT2D eigenvalue weighted by atomic mass is 28.4. The van der Waals surface area contributed by atoms with Crippen LogP contribution in [0.2, 0.25) is 12.1 Å². The van der Waals surface area contributed by atoms with Gasteiger partial charge in [-0.1, -0.05) is 19.3 Å². The largest absolute Gasteiger partial charge is 0.500 e. The van der Waals surface area contributed by atoms with Gasteiger partial charge < -0.3 is 26.6 Å². The van der Waals surface area contributed by atoms with Gasteiger partial charge in [0.1, 0.15) is 0 Å². The summed E-state index contributed by atoms with van der Waals surface area (Å²) in [6, 6.07) is 1.77. The summed E-state index contributed by atoms with van der Waals surface area (Å²) >= 11 is 0. The van der Waals surface area contributed by atoms with E-state index in [0.29, 0.717) is 39.6 Å². The molecule has 1 fully saturated rings. The molecule has 30 heavy (non-hydrogen) atoms. The lowest BCUT2D eigenvalue weighted by molar-refractivity contribution is 0.0559. The van der Waals surface area contributed by atoms with Crippen LogP contribution in [0.5, 0.6) is 0 Å². The zero-order valence-electron chi connectivity index (χ0n) is 20.6. The smallest absolute Gasteiger partial charge is 0.374 e. The third-order valence-corrected chi connectivity index (χ3v) is 12.1. The van der Waals surface area contributed by atoms with Crippen molar-refractivity contribution in [2.45, 2.75) is 98.6 Å². The van der Waals surface area contributed by atoms with Crippen LogP contribution in [0.15, 0.2) is 0 Å². The lowest BCUT2D eigenvalue weighted by atomic mass is 9.70. The molecule has 0 aliphatic heterocycles. The topological polar surface area (TPSA) is 55.4 Å². The van der Waals surface area contributed by atoms with Crippen molar-refractivity contribution in [1.82, 2.24) is 0 Å². The molecule has 0 amide bonds. The molecule has 0 unspecified atom stereocenters. The first-order chi connectivity index (χ1) is 14.5. The molecular formula is C22H48O6Si2. The maximum absolute atomic E-state index is 6.14. The van der Waals surface area contributed by atoms with Crippen LogP contribution in [0, 0.1) is 5.41 Å². The summed E-state index contributed by atoms with van der Waals surface area (Å²) < 4.78 is 36.8. The van der Waals surface area contributed by atoms with E-state index >= 15 is 0 Å². The van der Waals surface area contributed by atoms with Crippen LogP contribution in [-0.2, 0) is 26.6 Å². The standard InChI is InChI=1S/C22H48O6Si2/c1-7-23-29(24-8-2,25-9-3)20-18-22(16-14-13-15-17-22)19-21-30(26-10-4,27-11-5)28-12-6/h7-21H2,1-6H3. The van der Waals surface area contributed by atoms with Crippen LogP contribution in [0.25, 0.3) is 0 Å². The molecule has 0 N–H and O–H groups in total. The molecule has 0 radical (unpaired) electrons. The fraction of sp³-hybridized carbons (Fsp3) is 1.00. The minimum atomic E-state index is -2.63. The van der Waals surface area contributed by atoms with Crippen molar-refractivity contribution >= 4 is 17.6 Å². The van der Waals surface area contributed by atoms with E-state index in [0.717, 1.165) is 24.9 Å². The van der Waals surface area contributed by atoms with Crippen LogP contribution in [-0.4, -0.2) is 57.3 Å². The zero-order valence-corrected chi connectivity index (χ0v) is 22.6. The first-order valence-electron chi connectivity index (χ1n) is 12.3. The number of hydrogen-bond donors (Lipinski definition) is 0. The summed E-state index contributed by atoms with van der Waals surface area (Å²) in [4.78, 5) is 0. The molecule has 0 spiro atoms. The second kappa shape index (κ2) is 15.1. The third kappa shape index (κ3) is 8.98. The van der Waals surface area contributed by atoms with E-state index in [-0.39, 0.29) is 5.41 Å². The van der Waals surface area contributed by atoms with Crippen LogP contribution < -0.4 is 0 Å². The van der Waals surface area contributed by atoms with Crippen molar-refractivity contribution in [2.24, 2.45) is 5.41 Å². The first-order valence-corrected chi connectivity index (χ1v) is 16.2. The van der Waals surface area contributed by atoms with Crippen molar-refractivity contribution in [3.05, 3.63) is 0 Å². The van der Waals surface area contributed by atoms with Gasteiger partial charge in [-0.25, -0.2) is 0 Å². The molecule has 1 aliphatic rings. The highest BCUT2D eigenvalue weighted by Gasteiger charge is 2.47. The fourth-order valence-corrected chi connectivity index (χ4v) is 10.4. The van der Waals surface area contributed by atoms with E-state index in [9.17, 15) is 0 Å². The van der Waals surface area contributed by atoms with Gasteiger partial charge in [0.2, 0.25) is 0 Å². The average Bonchev–Trinajstić information content (AvgIpc) is 2.73. The van der Waals surface area contributed by atoms with Gasteiger partial charge in [-0.2, -0.15) is 0 Å². The van der Waals surface area contributed by atoms with Crippen LogP contribution in [0.3, 0.4) is 0 Å². The zero-order chi connectivity index (χ0) is 22.3. The normalized spacial score (nSPS) is 17.4. The van der Waals surface area contributed by atoms with Gasteiger partial charge in [0.05, 0.1) is 0 Å². The molecular weight excluding hydrogens is 416 g/mol. The minimum Gasteiger partial charge on any atom is -0.374 e. The van der Waals surface area contributed by atoms with E-state index in [1.165, 1.54) is 32.1 Å². The number of hydrogen-bond acceptors (Lipinski definition) is 6. The summed E-state index contributed by atoms with van der Waals surface area (Å²) in [6.45, 7) is 16.0. The molecule has 8 heteroatoms. The van der Waals surface area contributed by atoms with Crippen molar-refractivity contribution in [3.63, 3.8) is 0 Å². The van der Waals surface area contributed by atoms with Gasteiger partial charge in [-0.05, 0) is 72.6 Å². The third-order valence-electron chi connectivity index (χ3n) is 6.02. The second-order valence-corrected chi connectivity index (χ2v) is 13.5. The van der Waals surface area contributed by atoms with Crippen LogP contribution in [0.4, 0.5) is 0 Å². The van der Waals surface area contributed by atoms with E-state index in [4.69, 9.17) is 26.6 Å². The Hall–Kier alpha value is 0.194. The highest BCUT2D eigenvalue weighted by Crippen LogP contribution is 2.46. The molecule has 0 saturated heterocycles. The number of rotatable bonds is 18. The molecule has 0 atom stereocenters. The summed E-state index contributed by atoms with van der Waals surface area (Å²) in [6.07, 6.45) is 8.56. The van der Waals surface area contributed by atoms with Crippen LogP contribution >= 0.6 is 0 Å². The molecule has 0 aromatic carbocycles. The van der Waals surface area contributed by atoms with Crippen molar-refractivity contribution < 1.29 is 26.6 Å². The van der Waals surface area contributed by atoms with Crippen molar-refractivity contribution in [1.29, 1.82) is 0 Å². The van der Waals surface area contributed by atoms with Crippen molar-refractivity contribution in [2.75, 3.05) is 39.6 Å². The predicted molar refractivity (Wildman–Crippen MR) is 126 cm³/mol. The molecule has 180 valence electrons. The summed E-state index contributed by atoms with van der Waals surface area (Å²) in [5, 5.41) is 0. The monoisotopic (exact) mass is 464 g/mol. The average molecular weight is 465 g/mol. The van der Waals surface area contributed by atoms with Crippen molar-refractivity contribution in [3.8, 4) is 0 Å². The van der Waals surface area contributed by atoms with E-state index in [1.807, 2.05) is 41.5 Å². The van der Waals surface area contributed by atoms with E-state index in [1.54, 1.807) is 0 Å². The van der Waals surface area contributed by atoms with Gasteiger partial charge in [0.25, 0.3) is 0 Å². The SMILES string of the molecule is CCO[Si](CCC1(CC[Si](OCC)(OCC)OCC)CCCCC1)(OCC)OCC. The maximum Gasteiger partial charge on any atom is 0.500 e. The lowest BCUT2D eigenvalue weighted by Gasteiger charge is -2.41. The van der Waals surface area contributed by atoms with Gasteiger partial charge in [-0.15, -0.1) is 0 Å². The fourth-order valence-electron chi connectivity index (χ4n) is 4.77. The molecule has 1 aliphatic carbocycles. The Labute approximate surface area is 188 Å². The Balaban J connectivity index is 2.96. The van der Waals surface area contributed by atoms with E-state index in [2.05, 4.69) is 0 Å².